The number of benzene rings is 2. The summed E-state index contributed by atoms with van der Waals surface area (Å²) in [7, 11) is 0. The van der Waals surface area contributed by atoms with Crippen LogP contribution in [0.2, 0.25) is 0 Å². The van der Waals surface area contributed by atoms with Gasteiger partial charge >= 0.3 is 6.09 Å². The number of carbonyl (C=O) groups excluding carboxylic acids is 1. The van der Waals surface area contributed by atoms with Gasteiger partial charge in [-0.15, -0.1) is 0 Å². The Balaban J connectivity index is 1.70. The van der Waals surface area contributed by atoms with Crippen molar-refractivity contribution in [3.63, 3.8) is 0 Å². The average molecular weight is 307 g/mol. The Labute approximate surface area is 137 Å². The van der Waals surface area contributed by atoms with E-state index in [1.165, 1.54) is 5.57 Å². The molecule has 0 N–H and O–H groups in total. The molecule has 0 bridgehead atoms. The van der Waals surface area contributed by atoms with Crippen molar-refractivity contribution >= 4 is 6.09 Å². The summed E-state index contributed by atoms with van der Waals surface area (Å²) in [4.78, 5) is 14.4. The highest BCUT2D eigenvalue weighted by Crippen LogP contribution is 2.33. The third-order valence-electron chi connectivity index (χ3n) is 4.19. The Morgan fingerprint density at radius 3 is 2.43 bits per heavy atom. The minimum absolute atomic E-state index is 0.0146. The zero-order valence-electron chi connectivity index (χ0n) is 13.2. The Morgan fingerprint density at radius 2 is 1.74 bits per heavy atom. The first kappa shape index (κ1) is 15.3. The molecular weight excluding hydrogens is 286 g/mol. The van der Waals surface area contributed by atoms with Gasteiger partial charge in [-0.25, -0.2) is 4.79 Å². The van der Waals surface area contributed by atoms with Crippen LogP contribution >= 0.6 is 0 Å². The fourth-order valence-electron chi connectivity index (χ4n) is 2.91. The van der Waals surface area contributed by atoms with E-state index in [0.29, 0.717) is 13.2 Å². The fourth-order valence-corrected chi connectivity index (χ4v) is 2.91. The van der Waals surface area contributed by atoms with E-state index < -0.39 is 0 Å². The summed E-state index contributed by atoms with van der Waals surface area (Å²) < 4.78 is 5.51. The van der Waals surface area contributed by atoms with Gasteiger partial charge in [-0.1, -0.05) is 72.8 Å². The van der Waals surface area contributed by atoms with Crippen LogP contribution < -0.4 is 0 Å². The Hall–Kier alpha value is -2.55. The van der Waals surface area contributed by atoms with Crippen LogP contribution in [-0.4, -0.2) is 17.5 Å². The van der Waals surface area contributed by atoms with Crippen molar-refractivity contribution < 1.29 is 9.53 Å². The molecule has 1 aliphatic rings. The van der Waals surface area contributed by atoms with Crippen LogP contribution in [0.15, 0.2) is 72.8 Å². The molecule has 0 radical (unpaired) electrons. The molecule has 1 saturated heterocycles. The van der Waals surface area contributed by atoms with Crippen molar-refractivity contribution in [2.45, 2.75) is 25.5 Å². The number of carbonyl (C=O) groups is 1. The molecule has 118 valence electrons. The van der Waals surface area contributed by atoms with Gasteiger partial charge in [0.25, 0.3) is 0 Å². The lowest BCUT2D eigenvalue weighted by atomic mass is 9.93. The number of nitrogens with zero attached hydrogens (tertiary/aromatic N) is 1. The SMILES string of the molecule is C=C1CCN(C(=O)OCc2ccccc2)C(c2ccccc2)C1. The molecule has 0 saturated carbocycles. The van der Waals surface area contributed by atoms with Crippen molar-refractivity contribution in [3.8, 4) is 0 Å². The maximum absolute atomic E-state index is 12.5. The smallest absolute Gasteiger partial charge is 0.410 e. The number of likely N-dealkylation sites (tertiary alicyclic amines) is 1. The van der Waals surface area contributed by atoms with E-state index in [-0.39, 0.29) is 12.1 Å². The Bertz CT molecular complexity index is 667. The molecule has 0 spiro atoms. The highest BCUT2D eigenvalue weighted by molar-refractivity contribution is 5.68. The first-order valence-electron chi connectivity index (χ1n) is 7.93. The van der Waals surface area contributed by atoms with E-state index in [4.69, 9.17) is 4.74 Å². The number of hydrogen-bond acceptors (Lipinski definition) is 2. The van der Waals surface area contributed by atoms with Gasteiger partial charge in [0.05, 0.1) is 6.04 Å². The molecule has 3 rings (SSSR count). The summed E-state index contributed by atoms with van der Waals surface area (Å²) in [6, 6.07) is 19.9. The van der Waals surface area contributed by atoms with Crippen molar-refractivity contribution in [2.24, 2.45) is 0 Å². The third-order valence-corrected chi connectivity index (χ3v) is 4.19. The van der Waals surface area contributed by atoms with E-state index in [1.54, 1.807) is 0 Å². The van der Waals surface area contributed by atoms with Crippen molar-refractivity contribution in [2.75, 3.05) is 6.54 Å². The first-order chi connectivity index (χ1) is 11.2. The van der Waals surface area contributed by atoms with Gasteiger partial charge in [-0.2, -0.15) is 0 Å². The van der Waals surface area contributed by atoms with E-state index in [0.717, 1.165) is 24.0 Å². The summed E-state index contributed by atoms with van der Waals surface area (Å²) in [6.45, 7) is 5.06. The van der Waals surface area contributed by atoms with Gasteiger partial charge < -0.3 is 9.64 Å². The van der Waals surface area contributed by atoms with Gasteiger partial charge in [0.15, 0.2) is 0 Å². The van der Waals surface area contributed by atoms with E-state index in [1.807, 2.05) is 53.4 Å². The molecule has 0 aliphatic carbocycles. The summed E-state index contributed by atoms with van der Waals surface area (Å²) in [5, 5.41) is 0. The second kappa shape index (κ2) is 7.14. The molecule has 23 heavy (non-hydrogen) atoms. The van der Waals surface area contributed by atoms with Crippen LogP contribution in [-0.2, 0) is 11.3 Å². The molecule has 0 aromatic heterocycles. The molecule has 2 aromatic rings. The van der Waals surface area contributed by atoms with Crippen LogP contribution in [0.4, 0.5) is 4.79 Å². The predicted molar refractivity (Wildman–Crippen MR) is 90.9 cm³/mol. The molecule has 1 amide bonds. The molecule has 1 atom stereocenters. The third kappa shape index (κ3) is 3.81. The molecular formula is C20H21NO2. The monoisotopic (exact) mass is 307 g/mol. The summed E-state index contributed by atoms with van der Waals surface area (Å²) in [5.74, 6) is 0. The lowest BCUT2D eigenvalue weighted by Crippen LogP contribution is -2.39. The van der Waals surface area contributed by atoms with Crippen LogP contribution in [0.1, 0.15) is 30.0 Å². The summed E-state index contributed by atoms with van der Waals surface area (Å²) in [6.07, 6.45) is 1.38. The normalized spacial score (nSPS) is 17.8. The lowest BCUT2D eigenvalue weighted by Gasteiger charge is -2.36. The van der Waals surface area contributed by atoms with Crippen LogP contribution in [0.5, 0.6) is 0 Å². The highest BCUT2D eigenvalue weighted by Gasteiger charge is 2.30. The van der Waals surface area contributed by atoms with Crippen molar-refractivity contribution in [1.82, 2.24) is 4.90 Å². The van der Waals surface area contributed by atoms with E-state index in [9.17, 15) is 4.79 Å². The number of rotatable bonds is 3. The lowest BCUT2D eigenvalue weighted by molar-refractivity contribution is 0.0747. The zero-order valence-corrected chi connectivity index (χ0v) is 13.2. The highest BCUT2D eigenvalue weighted by atomic mass is 16.6. The maximum atomic E-state index is 12.5. The molecule has 1 heterocycles. The van der Waals surface area contributed by atoms with Gasteiger partial charge in [0.2, 0.25) is 0 Å². The van der Waals surface area contributed by atoms with Crippen molar-refractivity contribution in [1.29, 1.82) is 0 Å². The number of amides is 1. The predicted octanol–water partition coefficient (Wildman–Crippen LogP) is 4.72. The van der Waals surface area contributed by atoms with E-state index >= 15 is 0 Å². The minimum atomic E-state index is -0.254. The Morgan fingerprint density at radius 1 is 1.09 bits per heavy atom. The second-order valence-electron chi connectivity index (χ2n) is 5.86. The van der Waals surface area contributed by atoms with Crippen LogP contribution in [0, 0.1) is 0 Å². The molecule has 1 aliphatic heterocycles. The standard InChI is InChI=1S/C20H21NO2/c1-16-12-13-21(19(14-16)18-10-6-3-7-11-18)20(22)23-15-17-8-4-2-5-9-17/h2-11,19H,1,12-15H2. The summed E-state index contributed by atoms with van der Waals surface area (Å²) >= 11 is 0. The quantitative estimate of drug-likeness (QED) is 0.768. The number of piperidine rings is 1. The van der Waals surface area contributed by atoms with Gasteiger partial charge in [0.1, 0.15) is 6.61 Å². The topological polar surface area (TPSA) is 29.5 Å². The fraction of sp³-hybridized carbons (Fsp3) is 0.250. The zero-order chi connectivity index (χ0) is 16.1. The minimum Gasteiger partial charge on any atom is -0.445 e. The summed E-state index contributed by atoms with van der Waals surface area (Å²) in [5.41, 5.74) is 3.31. The average Bonchev–Trinajstić information content (AvgIpc) is 2.61. The van der Waals surface area contributed by atoms with Crippen molar-refractivity contribution in [3.05, 3.63) is 83.9 Å². The van der Waals surface area contributed by atoms with Crippen LogP contribution in [0.25, 0.3) is 0 Å². The van der Waals surface area contributed by atoms with Gasteiger partial charge in [-0.3, -0.25) is 0 Å². The largest absolute Gasteiger partial charge is 0.445 e. The second-order valence-corrected chi connectivity index (χ2v) is 5.86. The molecule has 1 unspecified atom stereocenters. The molecule has 1 fully saturated rings. The first-order valence-corrected chi connectivity index (χ1v) is 7.93. The molecule has 2 aromatic carbocycles. The Kier molecular flexibility index (Phi) is 4.77. The van der Waals surface area contributed by atoms with Gasteiger partial charge in [0, 0.05) is 6.54 Å². The molecule has 3 heteroatoms. The van der Waals surface area contributed by atoms with E-state index in [2.05, 4.69) is 18.7 Å². The number of ether oxygens (including phenoxy) is 1. The van der Waals surface area contributed by atoms with Gasteiger partial charge in [-0.05, 0) is 24.0 Å². The maximum Gasteiger partial charge on any atom is 0.410 e. The molecule has 3 nitrogen and oxygen atoms in total. The van der Waals surface area contributed by atoms with Crippen LogP contribution in [0.3, 0.4) is 0 Å². The number of hydrogen-bond donors (Lipinski definition) is 0.